The third-order valence-corrected chi connectivity index (χ3v) is 4.98. The van der Waals surface area contributed by atoms with E-state index in [9.17, 15) is 0 Å². The molecule has 0 atom stereocenters. The molecule has 3 aromatic carbocycles. The van der Waals surface area contributed by atoms with Crippen molar-refractivity contribution in [3.63, 3.8) is 0 Å². The molecule has 2 heterocycles. The van der Waals surface area contributed by atoms with E-state index in [-0.39, 0.29) is 0 Å². The quantitative estimate of drug-likeness (QED) is 0.328. The number of benzene rings is 3. The molecule has 0 bridgehead atoms. The number of nitrogens with zero attached hydrogens (tertiary/aromatic N) is 1. The zero-order chi connectivity index (χ0) is 16.1. The Bertz CT molecular complexity index is 1200. The predicted molar refractivity (Wildman–Crippen MR) is 103 cm³/mol. The molecule has 0 radical (unpaired) electrons. The van der Waals surface area contributed by atoms with Gasteiger partial charge in [0.2, 0.25) is 0 Å². The fraction of sp³-hybridized carbons (Fsp3) is 0. The third-order valence-electron chi connectivity index (χ3n) is 4.65. The van der Waals surface area contributed by atoms with Gasteiger partial charge in [0.05, 0.1) is 16.6 Å². The maximum atomic E-state index is 6.42. The van der Waals surface area contributed by atoms with Crippen molar-refractivity contribution in [1.29, 1.82) is 0 Å². The van der Waals surface area contributed by atoms with Gasteiger partial charge in [-0.05, 0) is 35.9 Å². The number of fused-ring (bicyclic) bond motifs is 5. The Morgan fingerprint density at radius 1 is 0.542 bits per heavy atom. The van der Waals surface area contributed by atoms with Crippen molar-refractivity contribution in [2.75, 3.05) is 0 Å². The lowest BCUT2D eigenvalue weighted by Gasteiger charge is -2.06. The lowest BCUT2D eigenvalue weighted by molar-refractivity contribution is 1.33. The lowest BCUT2D eigenvalue weighted by atomic mass is 10.0. The number of hydrogen-bond acceptors (Lipinski definition) is 0. The molecule has 0 aliphatic rings. The highest BCUT2D eigenvalue weighted by Crippen LogP contribution is 2.38. The smallest absolute Gasteiger partial charge is 0.0549 e. The minimum Gasteiger partial charge on any atom is -0.309 e. The summed E-state index contributed by atoms with van der Waals surface area (Å²) in [5.74, 6) is 0. The van der Waals surface area contributed by atoms with Gasteiger partial charge in [-0.15, -0.1) is 0 Å². The monoisotopic (exact) mass is 327 g/mol. The normalized spacial score (nSPS) is 11.5. The van der Waals surface area contributed by atoms with E-state index in [1.165, 1.54) is 27.5 Å². The molecular weight excluding hydrogens is 314 g/mol. The predicted octanol–water partition coefficient (Wildman–Crippen LogP) is 6.57. The van der Waals surface area contributed by atoms with Gasteiger partial charge in [-0.2, -0.15) is 0 Å². The topological polar surface area (TPSA) is 4.41 Å². The van der Waals surface area contributed by atoms with Crippen LogP contribution >= 0.6 is 11.6 Å². The van der Waals surface area contributed by atoms with Gasteiger partial charge in [0.25, 0.3) is 0 Å². The summed E-state index contributed by atoms with van der Waals surface area (Å²) in [7, 11) is 0. The number of pyridine rings is 1. The zero-order valence-corrected chi connectivity index (χ0v) is 13.7. The standard InChI is InChI=1S/C22H14ClN/c23-18-10-6-12-19-16(18)13-14-21-22(15-7-2-1-3-8-15)17-9-4-5-11-20(17)24(19)21/h1-14H. The lowest BCUT2D eigenvalue weighted by Crippen LogP contribution is -1.88. The van der Waals surface area contributed by atoms with Gasteiger partial charge in [-0.3, -0.25) is 0 Å². The van der Waals surface area contributed by atoms with Crippen molar-refractivity contribution in [1.82, 2.24) is 4.40 Å². The van der Waals surface area contributed by atoms with E-state index in [0.29, 0.717) is 0 Å². The van der Waals surface area contributed by atoms with E-state index in [0.717, 1.165) is 15.9 Å². The summed E-state index contributed by atoms with van der Waals surface area (Å²) in [4.78, 5) is 0. The molecule has 0 saturated carbocycles. The van der Waals surface area contributed by atoms with Gasteiger partial charge in [0.15, 0.2) is 0 Å². The van der Waals surface area contributed by atoms with Crippen LogP contribution in [0.3, 0.4) is 0 Å². The van der Waals surface area contributed by atoms with Crippen LogP contribution in [-0.2, 0) is 0 Å². The summed E-state index contributed by atoms with van der Waals surface area (Å²) >= 11 is 6.42. The Morgan fingerprint density at radius 2 is 1.25 bits per heavy atom. The maximum absolute atomic E-state index is 6.42. The molecule has 0 unspecified atom stereocenters. The molecule has 2 aromatic heterocycles. The Balaban J connectivity index is 2.07. The molecule has 24 heavy (non-hydrogen) atoms. The van der Waals surface area contributed by atoms with Crippen LogP contribution in [-0.4, -0.2) is 4.40 Å². The minimum atomic E-state index is 0.786. The fourth-order valence-corrected chi connectivity index (χ4v) is 3.87. The Morgan fingerprint density at radius 3 is 2.12 bits per heavy atom. The molecule has 0 amide bonds. The zero-order valence-electron chi connectivity index (χ0n) is 12.9. The average Bonchev–Trinajstić information content (AvgIpc) is 2.97. The van der Waals surface area contributed by atoms with Crippen molar-refractivity contribution >= 4 is 38.9 Å². The number of halogens is 1. The molecule has 0 N–H and O–H groups in total. The highest BCUT2D eigenvalue weighted by molar-refractivity contribution is 6.35. The van der Waals surface area contributed by atoms with E-state index < -0.39 is 0 Å². The van der Waals surface area contributed by atoms with Crippen LogP contribution in [0.5, 0.6) is 0 Å². The molecule has 0 fully saturated rings. The fourth-order valence-electron chi connectivity index (χ4n) is 3.63. The van der Waals surface area contributed by atoms with Crippen molar-refractivity contribution < 1.29 is 0 Å². The van der Waals surface area contributed by atoms with E-state index in [4.69, 9.17) is 11.6 Å². The van der Waals surface area contributed by atoms with Gasteiger partial charge in [-0.1, -0.05) is 66.2 Å². The first kappa shape index (κ1) is 13.6. The van der Waals surface area contributed by atoms with Crippen molar-refractivity contribution in [2.24, 2.45) is 0 Å². The number of para-hydroxylation sites is 1. The summed E-state index contributed by atoms with van der Waals surface area (Å²) in [6.07, 6.45) is 0. The first-order valence-electron chi connectivity index (χ1n) is 8.00. The first-order valence-corrected chi connectivity index (χ1v) is 8.38. The Labute approximate surface area is 144 Å². The summed E-state index contributed by atoms with van der Waals surface area (Å²) < 4.78 is 2.32. The van der Waals surface area contributed by atoms with Crippen LogP contribution in [0.1, 0.15) is 0 Å². The van der Waals surface area contributed by atoms with Gasteiger partial charge in [-0.25, -0.2) is 0 Å². The van der Waals surface area contributed by atoms with Crippen LogP contribution in [0.15, 0.2) is 84.9 Å². The molecular formula is C22H14ClN. The van der Waals surface area contributed by atoms with Crippen molar-refractivity contribution in [3.05, 3.63) is 90.0 Å². The maximum Gasteiger partial charge on any atom is 0.0549 e. The largest absolute Gasteiger partial charge is 0.309 e. The SMILES string of the molecule is Clc1cccc2c1ccc1c(-c3ccccc3)c3ccccc3n12. The summed E-state index contributed by atoms with van der Waals surface area (Å²) in [6.45, 7) is 0. The highest BCUT2D eigenvalue weighted by atomic mass is 35.5. The van der Waals surface area contributed by atoms with E-state index in [1.54, 1.807) is 0 Å². The van der Waals surface area contributed by atoms with Crippen LogP contribution in [0, 0.1) is 0 Å². The molecule has 0 aliphatic heterocycles. The molecule has 0 saturated heterocycles. The van der Waals surface area contributed by atoms with Gasteiger partial charge in [0.1, 0.15) is 0 Å². The first-order chi connectivity index (χ1) is 11.8. The third kappa shape index (κ3) is 1.82. The van der Waals surface area contributed by atoms with E-state index in [1.807, 2.05) is 12.1 Å². The van der Waals surface area contributed by atoms with Crippen LogP contribution in [0.4, 0.5) is 0 Å². The number of aromatic nitrogens is 1. The molecule has 114 valence electrons. The van der Waals surface area contributed by atoms with Gasteiger partial charge in [0, 0.05) is 21.4 Å². The summed E-state index contributed by atoms with van der Waals surface area (Å²) in [5, 5.41) is 3.12. The second-order valence-electron chi connectivity index (χ2n) is 5.98. The van der Waals surface area contributed by atoms with E-state index >= 15 is 0 Å². The number of rotatable bonds is 1. The average molecular weight is 328 g/mol. The van der Waals surface area contributed by atoms with Crippen molar-refractivity contribution in [3.8, 4) is 11.1 Å². The Kier molecular flexibility index (Phi) is 2.91. The van der Waals surface area contributed by atoms with Crippen molar-refractivity contribution in [2.45, 2.75) is 0 Å². The van der Waals surface area contributed by atoms with Crippen LogP contribution in [0.2, 0.25) is 5.02 Å². The molecule has 2 heteroatoms. The summed E-state index contributed by atoms with van der Waals surface area (Å²) in [5.41, 5.74) is 6.06. The Hall–Kier alpha value is -2.77. The molecule has 0 spiro atoms. The van der Waals surface area contributed by atoms with Crippen LogP contribution < -0.4 is 0 Å². The highest BCUT2D eigenvalue weighted by Gasteiger charge is 2.15. The molecule has 0 aliphatic carbocycles. The van der Waals surface area contributed by atoms with Gasteiger partial charge >= 0.3 is 0 Å². The second kappa shape index (κ2) is 5.12. The minimum absolute atomic E-state index is 0.786. The number of hydrogen-bond donors (Lipinski definition) is 0. The molecule has 5 rings (SSSR count). The van der Waals surface area contributed by atoms with Crippen LogP contribution in [0.25, 0.3) is 38.4 Å². The van der Waals surface area contributed by atoms with Gasteiger partial charge < -0.3 is 4.40 Å². The molecule has 5 aromatic rings. The second-order valence-corrected chi connectivity index (χ2v) is 6.39. The van der Waals surface area contributed by atoms with E-state index in [2.05, 4.69) is 77.2 Å². The summed E-state index contributed by atoms with van der Waals surface area (Å²) in [6, 6.07) is 29.5. The molecule has 1 nitrogen and oxygen atoms in total.